The summed E-state index contributed by atoms with van der Waals surface area (Å²) >= 11 is 25.8. The molecule has 52 heavy (non-hydrogen) atoms. The molecule has 0 amide bonds. The Kier molecular flexibility index (Phi) is 30.8. The molecule has 0 fully saturated rings. The second kappa shape index (κ2) is 29.2. The maximum Gasteiger partial charge on any atom is 0.146 e. The highest BCUT2D eigenvalue weighted by molar-refractivity contribution is 8.21. The monoisotopic (exact) mass is 904 g/mol. The van der Waals surface area contributed by atoms with Gasteiger partial charge in [0.05, 0.1) is 45.3 Å². The number of hydrogen-bond acceptors (Lipinski definition) is 15. The average molecular weight is 906 g/mol. The van der Waals surface area contributed by atoms with Gasteiger partial charge >= 0.3 is 0 Å². The van der Waals surface area contributed by atoms with Gasteiger partial charge in [-0.05, 0) is 67.2 Å². The highest BCUT2D eigenvalue weighted by Gasteiger charge is 2.30. The molecule has 0 aromatic rings. The maximum atomic E-state index is 5.78. The van der Waals surface area contributed by atoms with E-state index >= 15 is 0 Å². The fourth-order valence-corrected chi connectivity index (χ4v) is 12.3. The second-order valence-corrected chi connectivity index (χ2v) is 30.7. The van der Waals surface area contributed by atoms with E-state index in [-0.39, 0.29) is 26.5 Å². The van der Waals surface area contributed by atoms with E-state index in [1.807, 2.05) is 35.3 Å². The van der Waals surface area contributed by atoms with Gasteiger partial charge in [0.15, 0.2) is 0 Å². The van der Waals surface area contributed by atoms with Crippen LogP contribution < -0.4 is 0 Å². The summed E-state index contributed by atoms with van der Waals surface area (Å²) in [6.07, 6.45) is 3.83. The first-order valence-electron chi connectivity index (χ1n) is 18.4. The molecule has 15 heteroatoms. The molecule has 0 heterocycles. The van der Waals surface area contributed by atoms with Crippen molar-refractivity contribution in [3.05, 3.63) is 0 Å². The highest BCUT2D eigenvalue weighted by Crippen LogP contribution is 2.46. The maximum absolute atomic E-state index is 5.78. The summed E-state index contributed by atoms with van der Waals surface area (Å²) < 4.78 is 34.5. The van der Waals surface area contributed by atoms with Gasteiger partial charge in [0.2, 0.25) is 0 Å². The van der Waals surface area contributed by atoms with Crippen LogP contribution in [0.5, 0.6) is 0 Å². The number of ether oxygens (including phenoxy) is 6. The van der Waals surface area contributed by atoms with Crippen molar-refractivity contribution in [2.24, 2.45) is 0 Å². The number of thiol groups is 3. The van der Waals surface area contributed by atoms with E-state index in [9.17, 15) is 0 Å². The van der Waals surface area contributed by atoms with Gasteiger partial charge in [0.25, 0.3) is 0 Å². The molecular weight excluding hydrogens is 829 g/mol. The van der Waals surface area contributed by atoms with Crippen molar-refractivity contribution in [3.63, 3.8) is 0 Å². The van der Waals surface area contributed by atoms with E-state index in [2.05, 4.69) is 156 Å². The summed E-state index contributed by atoms with van der Waals surface area (Å²) in [4.78, 5) is 0. The SMILES string of the molecule is CC(C)(S)CCCOCOCCSC(C)(C)SCC(CSC(C)(C)SCCOCOCCC(C)(C)S)SC(C)(C)SCCOCOCCC(C)(C)S. The fourth-order valence-electron chi connectivity index (χ4n) is 4.04. The lowest BCUT2D eigenvalue weighted by Crippen LogP contribution is -2.25. The summed E-state index contributed by atoms with van der Waals surface area (Å²) in [5, 5.41) is 0.499. The van der Waals surface area contributed by atoms with Crippen LogP contribution in [-0.2, 0) is 28.4 Å². The number of thioether (sulfide) groups is 6. The standard InChI is InChI=1S/C37H76O6S9/c1-32(2,44)14-13-17-38-28-41-20-23-47-35(7,8)50-26-31(52-37(11,12)49-25-22-43-30-40-19-16-34(5,6)46)27-51-36(9,10)48-24-21-42-29-39-18-15-33(3,4)45/h31,44-46H,13-30H2,1-12H3. The molecule has 0 radical (unpaired) electrons. The molecule has 0 spiro atoms. The summed E-state index contributed by atoms with van der Waals surface area (Å²) in [5.74, 6) is 4.99. The lowest BCUT2D eigenvalue weighted by atomic mass is 10.1. The third-order valence-corrected chi connectivity index (χ3v) is 17.1. The molecule has 0 aliphatic rings. The lowest BCUT2D eigenvalue weighted by molar-refractivity contribution is -0.0503. The van der Waals surface area contributed by atoms with Gasteiger partial charge in [0.1, 0.15) is 20.4 Å². The molecule has 0 N–H and O–H groups in total. The predicted octanol–water partition coefficient (Wildman–Crippen LogP) is 11.6. The van der Waals surface area contributed by atoms with E-state index in [4.69, 9.17) is 28.4 Å². The quantitative estimate of drug-likeness (QED) is 0.0319. The zero-order valence-electron chi connectivity index (χ0n) is 34.5. The van der Waals surface area contributed by atoms with Gasteiger partial charge in [0, 0.05) is 54.9 Å². The van der Waals surface area contributed by atoms with Gasteiger partial charge in [-0.1, -0.05) is 41.5 Å². The number of rotatable bonds is 36. The predicted molar refractivity (Wildman–Crippen MR) is 254 cm³/mol. The van der Waals surface area contributed by atoms with Crippen molar-refractivity contribution >= 4 is 108 Å². The van der Waals surface area contributed by atoms with E-state index in [0.29, 0.717) is 65.3 Å². The molecule has 0 rings (SSSR count). The Hall–Kier alpha value is 2.91. The van der Waals surface area contributed by atoms with E-state index < -0.39 is 0 Å². The van der Waals surface area contributed by atoms with Crippen LogP contribution >= 0.6 is 108 Å². The van der Waals surface area contributed by atoms with Crippen molar-refractivity contribution in [1.29, 1.82) is 0 Å². The van der Waals surface area contributed by atoms with Crippen LogP contribution in [0, 0.1) is 0 Å². The summed E-state index contributed by atoms with van der Waals surface area (Å²) in [6.45, 7) is 31.9. The van der Waals surface area contributed by atoms with Crippen molar-refractivity contribution in [2.75, 3.05) is 88.8 Å². The number of hydrogen-bond donors (Lipinski definition) is 3. The Morgan fingerprint density at radius 2 is 0.731 bits per heavy atom. The molecule has 1 unspecified atom stereocenters. The van der Waals surface area contributed by atoms with Crippen LogP contribution in [0.4, 0.5) is 0 Å². The molecule has 0 aromatic heterocycles. The van der Waals surface area contributed by atoms with Crippen LogP contribution in [0.2, 0.25) is 0 Å². The Morgan fingerprint density at radius 1 is 0.404 bits per heavy atom. The minimum Gasteiger partial charge on any atom is -0.355 e. The van der Waals surface area contributed by atoms with E-state index in [0.717, 1.165) is 54.4 Å². The van der Waals surface area contributed by atoms with Crippen LogP contribution in [0.1, 0.15) is 109 Å². The molecule has 0 bridgehead atoms. The van der Waals surface area contributed by atoms with E-state index in [1.165, 1.54) is 0 Å². The first-order valence-corrected chi connectivity index (χ1v) is 25.6. The first kappa shape index (κ1) is 54.9. The average Bonchev–Trinajstić information content (AvgIpc) is 2.98. The summed E-state index contributed by atoms with van der Waals surface area (Å²) in [7, 11) is 0. The van der Waals surface area contributed by atoms with Crippen molar-refractivity contribution < 1.29 is 28.4 Å². The summed E-state index contributed by atoms with van der Waals surface area (Å²) in [6, 6.07) is 0. The first-order chi connectivity index (χ1) is 23.9. The minimum atomic E-state index is -0.0209. The van der Waals surface area contributed by atoms with Crippen LogP contribution in [0.25, 0.3) is 0 Å². The van der Waals surface area contributed by atoms with Gasteiger partial charge in [-0.15, -0.1) is 70.6 Å². The fraction of sp³-hybridized carbons (Fsp3) is 1.00. The second-order valence-electron chi connectivity index (χ2n) is 16.0. The third kappa shape index (κ3) is 39.7. The normalized spacial score (nSPS) is 14.4. The van der Waals surface area contributed by atoms with Gasteiger partial charge in [-0.3, -0.25) is 0 Å². The zero-order chi connectivity index (χ0) is 39.8. The van der Waals surface area contributed by atoms with E-state index in [1.54, 1.807) is 0 Å². The minimum absolute atomic E-state index is 0.0178. The van der Waals surface area contributed by atoms with Gasteiger partial charge in [-0.25, -0.2) is 0 Å². The molecule has 0 saturated carbocycles. The molecule has 1 atom stereocenters. The molecular formula is C37H76O6S9. The lowest BCUT2D eigenvalue weighted by Gasteiger charge is -2.33. The highest BCUT2D eigenvalue weighted by atomic mass is 32.2. The molecule has 0 aromatic carbocycles. The van der Waals surface area contributed by atoms with Gasteiger partial charge in [-0.2, -0.15) is 37.9 Å². The smallest absolute Gasteiger partial charge is 0.146 e. The van der Waals surface area contributed by atoms with Crippen molar-refractivity contribution in [3.8, 4) is 0 Å². The van der Waals surface area contributed by atoms with Crippen LogP contribution in [-0.4, -0.2) is 121 Å². The van der Waals surface area contributed by atoms with Crippen LogP contribution in [0.15, 0.2) is 0 Å². The molecule has 0 aliphatic heterocycles. The molecule has 314 valence electrons. The van der Waals surface area contributed by atoms with Crippen molar-refractivity contribution in [2.45, 2.75) is 140 Å². The van der Waals surface area contributed by atoms with Crippen LogP contribution in [0.3, 0.4) is 0 Å². The molecule has 6 nitrogen and oxygen atoms in total. The van der Waals surface area contributed by atoms with Crippen molar-refractivity contribution in [1.82, 2.24) is 0 Å². The Balaban J connectivity index is 4.83. The Morgan fingerprint density at radius 3 is 1.10 bits per heavy atom. The largest absolute Gasteiger partial charge is 0.355 e. The topological polar surface area (TPSA) is 55.4 Å². The third-order valence-electron chi connectivity index (χ3n) is 7.01. The molecule has 0 aliphatic carbocycles. The van der Waals surface area contributed by atoms with Gasteiger partial charge < -0.3 is 28.4 Å². The Bertz CT molecular complexity index is 862. The molecule has 0 saturated heterocycles. The Labute approximate surface area is 363 Å². The zero-order valence-corrected chi connectivity index (χ0v) is 42.1. The summed E-state index contributed by atoms with van der Waals surface area (Å²) in [5.41, 5.74) is 0.